The fourth-order valence-corrected chi connectivity index (χ4v) is 4.52. The highest BCUT2D eigenvalue weighted by Crippen LogP contribution is 2.33. The zero-order chi connectivity index (χ0) is 13.3. The minimum Gasteiger partial charge on any atom is -0.271 e. The second-order valence-electron chi connectivity index (χ2n) is 5.10. The molecule has 0 amide bonds. The van der Waals surface area contributed by atoms with Gasteiger partial charge in [-0.1, -0.05) is 18.2 Å². The van der Waals surface area contributed by atoms with E-state index in [4.69, 9.17) is 5.84 Å². The molecule has 3 N–H and O–H groups in total. The summed E-state index contributed by atoms with van der Waals surface area (Å²) in [6.45, 7) is 4.11. The van der Waals surface area contributed by atoms with E-state index < -0.39 is 9.84 Å². The van der Waals surface area contributed by atoms with Gasteiger partial charge in [0.2, 0.25) is 0 Å². The molecule has 0 spiro atoms. The second kappa shape index (κ2) is 4.99. The molecule has 1 heterocycles. The average Bonchev–Trinajstić information content (AvgIpc) is 2.66. The van der Waals surface area contributed by atoms with Crippen molar-refractivity contribution in [2.75, 3.05) is 11.5 Å². The maximum Gasteiger partial charge on any atom is 0.150 e. The van der Waals surface area contributed by atoms with E-state index in [-0.39, 0.29) is 23.5 Å². The van der Waals surface area contributed by atoms with Crippen LogP contribution in [0.2, 0.25) is 0 Å². The molecule has 0 bridgehead atoms. The lowest BCUT2D eigenvalue weighted by molar-refractivity contribution is 0.398. The van der Waals surface area contributed by atoms with Crippen LogP contribution in [-0.4, -0.2) is 19.9 Å². The van der Waals surface area contributed by atoms with Crippen molar-refractivity contribution in [2.24, 2.45) is 11.8 Å². The Morgan fingerprint density at radius 3 is 2.67 bits per heavy atom. The zero-order valence-corrected chi connectivity index (χ0v) is 11.6. The van der Waals surface area contributed by atoms with Crippen molar-refractivity contribution in [3.05, 3.63) is 34.9 Å². The summed E-state index contributed by atoms with van der Waals surface area (Å²) in [5.74, 6) is 6.23. The number of hydrazine groups is 1. The smallest absolute Gasteiger partial charge is 0.150 e. The molecule has 1 aliphatic rings. The average molecular weight is 268 g/mol. The predicted octanol–water partition coefficient (Wildman–Crippen LogP) is 1.24. The lowest BCUT2D eigenvalue weighted by Gasteiger charge is -2.24. The maximum atomic E-state index is 11.6. The van der Waals surface area contributed by atoms with Gasteiger partial charge in [-0.25, -0.2) is 8.42 Å². The van der Waals surface area contributed by atoms with Crippen LogP contribution in [-0.2, 0) is 9.84 Å². The summed E-state index contributed by atoms with van der Waals surface area (Å²) in [6, 6.07) is 5.99. The Bertz CT molecular complexity index is 540. The number of rotatable bonds is 3. The van der Waals surface area contributed by atoms with Gasteiger partial charge in [0, 0.05) is 0 Å². The molecule has 0 aliphatic carbocycles. The van der Waals surface area contributed by atoms with Gasteiger partial charge in [-0.2, -0.15) is 0 Å². The van der Waals surface area contributed by atoms with Gasteiger partial charge in [0.1, 0.15) is 0 Å². The van der Waals surface area contributed by atoms with Gasteiger partial charge in [-0.05, 0) is 42.9 Å². The van der Waals surface area contributed by atoms with E-state index in [0.29, 0.717) is 6.42 Å². The van der Waals surface area contributed by atoms with E-state index in [9.17, 15) is 8.42 Å². The molecule has 1 aromatic carbocycles. The molecule has 18 heavy (non-hydrogen) atoms. The Morgan fingerprint density at radius 1 is 1.39 bits per heavy atom. The van der Waals surface area contributed by atoms with E-state index in [1.807, 2.05) is 12.1 Å². The Kier molecular flexibility index (Phi) is 3.75. The monoisotopic (exact) mass is 268 g/mol. The van der Waals surface area contributed by atoms with Gasteiger partial charge in [0.25, 0.3) is 0 Å². The zero-order valence-electron chi connectivity index (χ0n) is 10.8. The molecule has 2 unspecified atom stereocenters. The Labute approximate surface area is 108 Å². The van der Waals surface area contributed by atoms with Crippen LogP contribution >= 0.6 is 0 Å². The number of aryl methyl sites for hydroxylation is 1. The van der Waals surface area contributed by atoms with Crippen LogP contribution in [0.3, 0.4) is 0 Å². The van der Waals surface area contributed by atoms with Gasteiger partial charge in [-0.3, -0.25) is 11.3 Å². The Morgan fingerprint density at radius 2 is 2.11 bits per heavy atom. The predicted molar refractivity (Wildman–Crippen MR) is 72.7 cm³/mol. The third kappa shape index (κ3) is 2.58. The molecule has 1 saturated heterocycles. The third-order valence-corrected chi connectivity index (χ3v) is 5.69. The lowest BCUT2D eigenvalue weighted by atomic mass is 9.89. The summed E-state index contributed by atoms with van der Waals surface area (Å²) in [6.07, 6.45) is 0.685. The number of hydrogen-bond donors (Lipinski definition) is 2. The van der Waals surface area contributed by atoms with Crippen molar-refractivity contribution < 1.29 is 8.42 Å². The van der Waals surface area contributed by atoms with Crippen LogP contribution in [0, 0.1) is 19.8 Å². The first kappa shape index (κ1) is 13.5. The highest BCUT2D eigenvalue weighted by atomic mass is 32.2. The number of hydrogen-bond acceptors (Lipinski definition) is 4. The fourth-order valence-electron chi connectivity index (χ4n) is 2.68. The van der Waals surface area contributed by atoms with E-state index in [2.05, 4.69) is 25.3 Å². The van der Waals surface area contributed by atoms with Gasteiger partial charge in [0.05, 0.1) is 17.5 Å². The summed E-state index contributed by atoms with van der Waals surface area (Å²) in [5, 5.41) is 0. The largest absolute Gasteiger partial charge is 0.271 e. The first-order valence-electron chi connectivity index (χ1n) is 6.17. The quantitative estimate of drug-likeness (QED) is 0.639. The normalized spacial score (nSPS) is 24.1. The highest BCUT2D eigenvalue weighted by Gasteiger charge is 2.34. The van der Waals surface area contributed by atoms with Gasteiger partial charge >= 0.3 is 0 Å². The molecule has 0 aromatic heterocycles. The first-order valence-corrected chi connectivity index (χ1v) is 7.99. The van der Waals surface area contributed by atoms with E-state index in [0.717, 1.165) is 5.56 Å². The van der Waals surface area contributed by atoms with Crippen molar-refractivity contribution in [3.8, 4) is 0 Å². The van der Waals surface area contributed by atoms with Gasteiger partial charge in [-0.15, -0.1) is 0 Å². The van der Waals surface area contributed by atoms with Crippen LogP contribution in [0.4, 0.5) is 0 Å². The summed E-state index contributed by atoms with van der Waals surface area (Å²) in [5.41, 5.74) is 6.30. The van der Waals surface area contributed by atoms with Crippen molar-refractivity contribution in [1.82, 2.24) is 5.43 Å². The van der Waals surface area contributed by atoms with Crippen molar-refractivity contribution in [3.63, 3.8) is 0 Å². The molecular formula is C13H20N2O2S. The summed E-state index contributed by atoms with van der Waals surface area (Å²) in [4.78, 5) is 0. The van der Waals surface area contributed by atoms with Gasteiger partial charge in [0.15, 0.2) is 9.84 Å². The third-order valence-electron chi connectivity index (χ3n) is 3.90. The molecule has 5 heteroatoms. The number of sulfone groups is 1. The molecule has 4 nitrogen and oxygen atoms in total. The first-order chi connectivity index (χ1) is 8.44. The second-order valence-corrected chi connectivity index (χ2v) is 7.33. The van der Waals surface area contributed by atoms with Crippen LogP contribution in [0.25, 0.3) is 0 Å². The lowest BCUT2D eigenvalue weighted by Crippen LogP contribution is -2.34. The minimum absolute atomic E-state index is 0.0699. The molecule has 1 aromatic rings. The standard InChI is InChI=1S/C13H20N2O2S/c1-9-4-3-5-12(10(9)2)13(15-14)11-6-7-18(16,17)8-11/h3-5,11,13,15H,6-8,14H2,1-2H3. The van der Waals surface area contributed by atoms with Crippen LogP contribution in [0.5, 0.6) is 0 Å². The molecule has 100 valence electrons. The molecule has 1 aliphatic heterocycles. The minimum atomic E-state index is -2.88. The van der Waals surface area contributed by atoms with Crippen LogP contribution < -0.4 is 11.3 Å². The molecule has 0 radical (unpaired) electrons. The Balaban J connectivity index is 2.32. The number of nitrogens with two attached hydrogens (primary N) is 1. The summed E-state index contributed by atoms with van der Waals surface area (Å²) in [7, 11) is -2.88. The molecular weight excluding hydrogens is 248 g/mol. The fraction of sp³-hybridized carbons (Fsp3) is 0.538. The molecule has 1 fully saturated rings. The topological polar surface area (TPSA) is 72.2 Å². The highest BCUT2D eigenvalue weighted by molar-refractivity contribution is 7.91. The van der Waals surface area contributed by atoms with Crippen molar-refractivity contribution >= 4 is 9.84 Å². The SMILES string of the molecule is Cc1cccc(C(NN)C2CCS(=O)(=O)C2)c1C. The summed E-state index contributed by atoms with van der Waals surface area (Å²) < 4.78 is 23.2. The Hall–Kier alpha value is -0.910. The maximum absolute atomic E-state index is 11.6. The molecule has 2 rings (SSSR count). The number of benzene rings is 1. The van der Waals surface area contributed by atoms with E-state index >= 15 is 0 Å². The van der Waals surface area contributed by atoms with Gasteiger partial charge < -0.3 is 0 Å². The van der Waals surface area contributed by atoms with E-state index in [1.54, 1.807) is 0 Å². The van der Waals surface area contributed by atoms with E-state index in [1.165, 1.54) is 11.1 Å². The van der Waals surface area contributed by atoms with Crippen LogP contribution in [0.1, 0.15) is 29.2 Å². The number of nitrogens with one attached hydrogen (secondary N) is 1. The molecule has 2 atom stereocenters. The summed E-state index contributed by atoms with van der Waals surface area (Å²) >= 11 is 0. The molecule has 0 saturated carbocycles. The van der Waals surface area contributed by atoms with Crippen LogP contribution in [0.15, 0.2) is 18.2 Å². The van der Waals surface area contributed by atoms with Crippen molar-refractivity contribution in [2.45, 2.75) is 26.3 Å². The van der Waals surface area contributed by atoms with Crippen molar-refractivity contribution in [1.29, 1.82) is 0 Å².